The summed E-state index contributed by atoms with van der Waals surface area (Å²) in [5.41, 5.74) is 0.339. The number of rotatable bonds is 2. The zero-order valence-electron chi connectivity index (χ0n) is 8.20. The summed E-state index contributed by atoms with van der Waals surface area (Å²) in [7, 11) is 0. The molecule has 0 amide bonds. The van der Waals surface area contributed by atoms with Gasteiger partial charge in [-0.15, -0.1) is 0 Å². The minimum atomic E-state index is -0.703. The quantitative estimate of drug-likeness (QED) is 0.605. The van der Waals surface area contributed by atoms with Gasteiger partial charge in [-0.1, -0.05) is 23.2 Å². The van der Waals surface area contributed by atoms with Gasteiger partial charge in [-0.3, -0.25) is 9.59 Å². The maximum absolute atomic E-state index is 11.9. The first-order chi connectivity index (χ1) is 7.58. The van der Waals surface area contributed by atoms with Gasteiger partial charge in [-0.05, 0) is 18.2 Å². The van der Waals surface area contributed by atoms with Gasteiger partial charge in [0, 0.05) is 23.4 Å². The molecule has 84 valence electrons. The molecule has 3 nitrogen and oxygen atoms in total. The van der Waals surface area contributed by atoms with Crippen molar-refractivity contribution >= 4 is 35.0 Å². The van der Waals surface area contributed by atoms with Crippen molar-refractivity contribution in [1.29, 1.82) is 0 Å². The lowest BCUT2D eigenvalue weighted by molar-refractivity contribution is -0.140. The minimum absolute atomic E-state index is 0.271. The van der Waals surface area contributed by atoms with E-state index in [1.54, 1.807) is 12.1 Å². The highest BCUT2D eigenvalue weighted by Crippen LogP contribution is 2.25. The van der Waals surface area contributed by atoms with E-state index in [-0.39, 0.29) is 23.2 Å². The molecule has 1 aliphatic heterocycles. The van der Waals surface area contributed by atoms with Crippen LogP contribution >= 0.6 is 23.2 Å². The summed E-state index contributed by atoms with van der Waals surface area (Å²) in [5.74, 6) is -0.615. The average molecular weight is 259 g/mol. The molecule has 1 fully saturated rings. The van der Waals surface area contributed by atoms with Crippen LogP contribution in [0.25, 0.3) is 0 Å². The van der Waals surface area contributed by atoms with Gasteiger partial charge in [0.1, 0.15) is 0 Å². The number of benzene rings is 1. The second-order valence-corrected chi connectivity index (χ2v) is 4.35. The van der Waals surface area contributed by atoms with Crippen molar-refractivity contribution in [2.24, 2.45) is 0 Å². The van der Waals surface area contributed by atoms with E-state index in [1.165, 1.54) is 6.07 Å². The molecule has 0 aromatic heterocycles. The summed E-state index contributed by atoms with van der Waals surface area (Å²) in [6, 6.07) is 4.61. The highest BCUT2D eigenvalue weighted by molar-refractivity contribution is 6.37. The molecule has 16 heavy (non-hydrogen) atoms. The molecular weight excluding hydrogens is 251 g/mol. The Balaban J connectivity index is 2.24. The molecule has 0 spiro atoms. The van der Waals surface area contributed by atoms with Crippen LogP contribution in [-0.4, -0.2) is 17.9 Å². The SMILES string of the molecule is O=C1CCC(C(=O)c2ccc(Cl)cc2Cl)O1. The largest absolute Gasteiger partial charge is 0.454 e. The van der Waals surface area contributed by atoms with E-state index in [4.69, 9.17) is 27.9 Å². The maximum Gasteiger partial charge on any atom is 0.306 e. The van der Waals surface area contributed by atoms with E-state index < -0.39 is 6.10 Å². The summed E-state index contributed by atoms with van der Waals surface area (Å²) in [4.78, 5) is 22.8. The van der Waals surface area contributed by atoms with Gasteiger partial charge in [0.2, 0.25) is 5.78 Å². The highest BCUT2D eigenvalue weighted by atomic mass is 35.5. The Morgan fingerprint density at radius 1 is 1.38 bits per heavy atom. The lowest BCUT2D eigenvalue weighted by Gasteiger charge is -2.09. The second kappa shape index (κ2) is 4.44. The number of esters is 1. The molecule has 0 aliphatic carbocycles. The number of cyclic esters (lactones) is 1. The minimum Gasteiger partial charge on any atom is -0.454 e. The van der Waals surface area contributed by atoms with Crippen molar-refractivity contribution < 1.29 is 14.3 Å². The summed E-state index contributed by atoms with van der Waals surface area (Å²) in [6.07, 6.45) is -0.00992. The van der Waals surface area contributed by atoms with Crippen LogP contribution < -0.4 is 0 Å². The standard InChI is InChI=1S/C11H8Cl2O3/c12-6-1-2-7(8(13)5-6)11(15)9-3-4-10(14)16-9/h1-2,5,9H,3-4H2. The van der Waals surface area contributed by atoms with Crippen molar-refractivity contribution in [3.8, 4) is 0 Å². The van der Waals surface area contributed by atoms with Gasteiger partial charge < -0.3 is 4.74 Å². The fraction of sp³-hybridized carbons (Fsp3) is 0.273. The maximum atomic E-state index is 11.9. The zero-order chi connectivity index (χ0) is 11.7. The molecule has 5 heteroatoms. The van der Waals surface area contributed by atoms with Gasteiger partial charge in [-0.25, -0.2) is 0 Å². The smallest absolute Gasteiger partial charge is 0.306 e. The fourth-order valence-electron chi connectivity index (χ4n) is 1.57. The van der Waals surface area contributed by atoms with Crippen LogP contribution in [0.4, 0.5) is 0 Å². The van der Waals surface area contributed by atoms with Gasteiger partial charge in [0.25, 0.3) is 0 Å². The molecule has 1 unspecified atom stereocenters. The number of carbonyl (C=O) groups excluding carboxylic acids is 2. The Hall–Kier alpha value is -1.06. The van der Waals surface area contributed by atoms with Gasteiger partial charge in [0.15, 0.2) is 6.10 Å². The Labute approximate surface area is 102 Å². The molecule has 1 aromatic carbocycles. The topological polar surface area (TPSA) is 43.4 Å². The summed E-state index contributed by atoms with van der Waals surface area (Å²) < 4.78 is 4.88. The van der Waals surface area contributed by atoms with Crippen LogP contribution in [0.1, 0.15) is 23.2 Å². The third-order valence-electron chi connectivity index (χ3n) is 2.37. The zero-order valence-corrected chi connectivity index (χ0v) is 9.72. The van der Waals surface area contributed by atoms with Crippen LogP contribution in [-0.2, 0) is 9.53 Å². The van der Waals surface area contributed by atoms with E-state index >= 15 is 0 Å². The lowest BCUT2D eigenvalue weighted by Crippen LogP contribution is -2.20. The number of hydrogen-bond acceptors (Lipinski definition) is 3. The van der Waals surface area contributed by atoms with E-state index in [1.807, 2.05) is 0 Å². The first-order valence-electron chi connectivity index (χ1n) is 4.76. The summed E-state index contributed by atoms with van der Waals surface area (Å²) in [5, 5.41) is 0.741. The average Bonchev–Trinajstić information content (AvgIpc) is 2.64. The molecule has 1 aromatic rings. The number of ketones is 1. The lowest BCUT2D eigenvalue weighted by atomic mass is 10.0. The van der Waals surface area contributed by atoms with Crippen LogP contribution in [0, 0.1) is 0 Å². The number of hydrogen-bond donors (Lipinski definition) is 0. The molecule has 1 atom stereocenters. The van der Waals surface area contributed by atoms with E-state index in [0.717, 1.165) is 0 Å². The van der Waals surface area contributed by atoms with Crippen molar-refractivity contribution in [3.05, 3.63) is 33.8 Å². The van der Waals surface area contributed by atoms with Crippen molar-refractivity contribution in [2.45, 2.75) is 18.9 Å². The van der Waals surface area contributed by atoms with Crippen molar-refractivity contribution in [2.75, 3.05) is 0 Å². The van der Waals surface area contributed by atoms with Crippen LogP contribution in [0.3, 0.4) is 0 Å². The summed E-state index contributed by atoms with van der Waals surface area (Å²) >= 11 is 11.6. The second-order valence-electron chi connectivity index (χ2n) is 3.51. The molecule has 0 N–H and O–H groups in total. The van der Waals surface area contributed by atoms with Crippen LogP contribution in [0.15, 0.2) is 18.2 Å². The Morgan fingerprint density at radius 3 is 2.69 bits per heavy atom. The number of halogens is 2. The molecule has 1 heterocycles. The third-order valence-corrected chi connectivity index (χ3v) is 2.92. The Morgan fingerprint density at radius 2 is 2.12 bits per heavy atom. The molecule has 0 bridgehead atoms. The van der Waals surface area contributed by atoms with Crippen LogP contribution in [0.2, 0.25) is 10.0 Å². The third kappa shape index (κ3) is 2.20. The number of ether oxygens (including phenoxy) is 1. The van der Waals surface area contributed by atoms with Crippen molar-refractivity contribution in [3.63, 3.8) is 0 Å². The van der Waals surface area contributed by atoms with Gasteiger partial charge in [0.05, 0.1) is 5.02 Å². The van der Waals surface area contributed by atoms with Gasteiger partial charge in [-0.2, -0.15) is 0 Å². The monoisotopic (exact) mass is 258 g/mol. The molecule has 0 radical (unpaired) electrons. The predicted octanol–water partition coefficient (Wildman–Crippen LogP) is 2.88. The van der Waals surface area contributed by atoms with E-state index in [0.29, 0.717) is 17.0 Å². The molecule has 0 saturated carbocycles. The van der Waals surface area contributed by atoms with E-state index in [9.17, 15) is 9.59 Å². The van der Waals surface area contributed by atoms with Gasteiger partial charge >= 0.3 is 5.97 Å². The molecule has 1 aliphatic rings. The van der Waals surface area contributed by atoms with E-state index in [2.05, 4.69) is 0 Å². The predicted molar refractivity (Wildman–Crippen MR) is 59.9 cm³/mol. The number of Topliss-reactive ketones (excluding diaryl/α,β-unsaturated/α-hetero) is 1. The normalized spacial score (nSPS) is 19.6. The molecular formula is C11H8Cl2O3. The molecule has 1 saturated heterocycles. The number of carbonyl (C=O) groups is 2. The van der Waals surface area contributed by atoms with Crippen LogP contribution in [0.5, 0.6) is 0 Å². The summed E-state index contributed by atoms with van der Waals surface area (Å²) in [6.45, 7) is 0. The Bertz CT molecular complexity index is 457. The first-order valence-corrected chi connectivity index (χ1v) is 5.52. The Kier molecular flexibility index (Phi) is 3.17. The first kappa shape index (κ1) is 11.4. The highest BCUT2D eigenvalue weighted by Gasteiger charge is 2.31. The molecule has 2 rings (SSSR count). The van der Waals surface area contributed by atoms with Crippen molar-refractivity contribution in [1.82, 2.24) is 0 Å². The fourth-order valence-corrected chi connectivity index (χ4v) is 2.07.